The third kappa shape index (κ3) is 5.29. The van der Waals surface area contributed by atoms with Gasteiger partial charge in [0, 0.05) is 58.5 Å². The lowest BCUT2D eigenvalue weighted by Gasteiger charge is -2.13. The van der Waals surface area contributed by atoms with Gasteiger partial charge < -0.3 is 4.57 Å². The monoisotopic (exact) mass is 795 g/mol. The maximum atomic E-state index is 5.34. The predicted molar refractivity (Wildman–Crippen MR) is 255 cm³/mol. The average molecular weight is 796 g/mol. The van der Waals surface area contributed by atoms with Crippen LogP contribution in [-0.4, -0.2) is 24.1 Å². The van der Waals surface area contributed by atoms with Crippen LogP contribution in [0.3, 0.4) is 0 Å². The molecule has 4 heterocycles. The van der Waals surface area contributed by atoms with Crippen LogP contribution in [0, 0.1) is 0 Å². The van der Waals surface area contributed by atoms with Gasteiger partial charge in [0.2, 0.25) is 5.95 Å². The minimum atomic E-state index is 0.578. The molecule has 284 valence electrons. The first-order chi connectivity index (χ1) is 30.2. The molecule has 0 aliphatic heterocycles. The fourth-order valence-electron chi connectivity index (χ4n) is 9.39. The lowest BCUT2D eigenvalue weighted by atomic mass is 10.0. The van der Waals surface area contributed by atoms with Gasteiger partial charge in [-0.3, -0.25) is 4.57 Å². The molecule has 6 heteroatoms. The molecule has 13 aromatic rings. The van der Waals surface area contributed by atoms with E-state index in [9.17, 15) is 0 Å². The van der Waals surface area contributed by atoms with Gasteiger partial charge in [-0.2, -0.15) is 9.97 Å². The largest absolute Gasteiger partial charge is 0.309 e. The third-order valence-electron chi connectivity index (χ3n) is 12.2. The van der Waals surface area contributed by atoms with Gasteiger partial charge in [-0.15, -0.1) is 11.3 Å². The molecule has 0 N–H and O–H groups in total. The molecule has 61 heavy (non-hydrogen) atoms. The molecule has 4 aromatic heterocycles. The number of nitrogens with zero attached hydrogens (tertiary/aromatic N) is 5. The van der Waals surface area contributed by atoms with Crippen LogP contribution < -0.4 is 0 Å². The molecule has 0 unspecified atom stereocenters. The molecule has 13 rings (SSSR count). The first kappa shape index (κ1) is 34.0. The normalized spacial score (nSPS) is 11.9. The molecular weight excluding hydrogens is 763 g/mol. The van der Waals surface area contributed by atoms with Gasteiger partial charge >= 0.3 is 0 Å². The molecule has 0 bridgehead atoms. The first-order valence-electron chi connectivity index (χ1n) is 20.5. The highest BCUT2D eigenvalue weighted by Gasteiger charge is 2.20. The Morgan fingerprint density at radius 1 is 0.328 bits per heavy atom. The van der Waals surface area contributed by atoms with Crippen molar-refractivity contribution < 1.29 is 0 Å². The SMILES string of the molecule is c1cc(-c2ccc3c(c2)sc2ccccc23)cc(-n2c3ccccc3c3ccc(-c4nc(-c5cccc6ccccc56)nc(-n5c6ccccc6c6ccccc65)n4)cc32)c1. The van der Waals surface area contributed by atoms with Gasteiger partial charge in [0.1, 0.15) is 0 Å². The van der Waals surface area contributed by atoms with Crippen molar-refractivity contribution in [1.82, 2.24) is 24.1 Å². The number of aromatic nitrogens is 5. The molecule has 5 nitrogen and oxygen atoms in total. The molecule has 0 radical (unpaired) electrons. The second kappa shape index (κ2) is 13.3. The van der Waals surface area contributed by atoms with E-state index in [1.165, 1.54) is 42.1 Å². The van der Waals surface area contributed by atoms with E-state index in [-0.39, 0.29) is 0 Å². The van der Waals surface area contributed by atoms with Crippen molar-refractivity contribution in [3.63, 3.8) is 0 Å². The minimum absolute atomic E-state index is 0.578. The van der Waals surface area contributed by atoms with Crippen molar-refractivity contribution in [2.45, 2.75) is 0 Å². The lowest BCUT2D eigenvalue weighted by Crippen LogP contribution is -2.06. The number of fused-ring (bicyclic) bond motifs is 10. The standard InChI is InChI=1S/C55H33N5S/c1-2-17-39-34(13-1)14-12-22-46(39)54-56-53(57-55(58-54)60-48-24-8-4-18-40(48)41-19-5-9-25-49(41)60)37-28-29-43-42-20-3-7-23-47(42)59(50(43)32-37)38-16-11-15-35(31-38)36-27-30-45-44-21-6-10-26-51(44)61-52(45)33-36/h1-33H. The van der Waals surface area contributed by atoms with E-state index in [4.69, 9.17) is 15.0 Å². The van der Waals surface area contributed by atoms with Crippen molar-refractivity contribution in [1.29, 1.82) is 0 Å². The zero-order chi connectivity index (χ0) is 40.0. The number of benzene rings is 9. The summed E-state index contributed by atoms with van der Waals surface area (Å²) < 4.78 is 7.18. The Hall–Kier alpha value is -7.93. The van der Waals surface area contributed by atoms with Crippen molar-refractivity contribution in [2.24, 2.45) is 0 Å². The van der Waals surface area contributed by atoms with E-state index >= 15 is 0 Å². The Bertz CT molecular complexity index is 3850. The Labute approximate surface area is 354 Å². The van der Waals surface area contributed by atoms with Crippen LogP contribution in [0.15, 0.2) is 200 Å². The summed E-state index contributed by atoms with van der Waals surface area (Å²) in [5, 5.41) is 9.52. The fraction of sp³-hybridized carbons (Fsp3) is 0. The smallest absolute Gasteiger partial charge is 0.238 e. The van der Waals surface area contributed by atoms with Gasteiger partial charge in [0.15, 0.2) is 11.6 Å². The van der Waals surface area contributed by atoms with E-state index in [0.29, 0.717) is 17.6 Å². The number of hydrogen-bond donors (Lipinski definition) is 0. The molecule has 0 amide bonds. The second-order valence-corrected chi connectivity index (χ2v) is 16.7. The Morgan fingerprint density at radius 3 is 1.67 bits per heavy atom. The molecular formula is C55H33N5S. The summed E-state index contributed by atoms with van der Waals surface area (Å²) in [5.41, 5.74) is 9.66. The van der Waals surface area contributed by atoms with Crippen LogP contribution in [0.25, 0.3) is 120 Å². The Morgan fingerprint density at radius 2 is 0.885 bits per heavy atom. The highest BCUT2D eigenvalue weighted by molar-refractivity contribution is 7.25. The molecule has 9 aromatic carbocycles. The molecule has 0 saturated carbocycles. The highest BCUT2D eigenvalue weighted by atomic mass is 32.1. The lowest BCUT2D eigenvalue weighted by molar-refractivity contribution is 0.954. The Kier molecular flexibility index (Phi) is 7.41. The summed E-state index contributed by atoms with van der Waals surface area (Å²) >= 11 is 1.85. The summed E-state index contributed by atoms with van der Waals surface area (Å²) in [5.74, 6) is 1.82. The number of hydrogen-bond acceptors (Lipinski definition) is 4. The van der Waals surface area contributed by atoms with Gasteiger partial charge in [0.05, 0.1) is 22.1 Å². The minimum Gasteiger partial charge on any atom is -0.309 e. The number of thiophene rings is 1. The van der Waals surface area contributed by atoms with Crippen molar-refractivity contribution in [3.05, 3.63) is 200 Å². The summed E-state index contributed by atoms with van der Waals surface area (Å²) in [4.78, 5) is 15.9. The zero-order valence-corrected chi connectivity index (χ0v) is 33.5. The van der Waals surface area contributed by atoms with Crippen LogP contribution in [0.2, 0.25) is 0 Å². The number of para-hydroxylation sites is 3. The van der Waals surface area contributed by atoms with Crippen LogP contribution in [0.5, 0.6) is 0 Å². The van der Waals surface area contributed by atoms with Gasteiger partial charge in [0.25, 0.3) is 0 Å². The molecule has 0 aliphatic carbocycles. The second-order valence-electron chi connectivity index (χ2n) is 15.6. The van der Waals surface area contributed by atoms with Crippen molar-refractivity contribution >= 4 is 85.9 Å². The molecule has 0 aliphatic rings. The summed E-state index contributed by atoms with van der Waals surface area (Å²) in [6, 6.07) is 71.5. The van der Waals surface area contributed by atoms with Crippen LogP contribution >= 0.6 is 11.3 Å². The number of rotatable bonds is 5. The highest BCUT2D eigenvalue weighted by Crippen LogP contribution is 2.39. The van der Waals surface area contributed by atoms with Crippen molar-refractivity contribution in [2.75, 3.05) is 0 Å². The van der Waals surface area contributed by atoms with Crippen molar-refractivity contribution in [3.8, 4) is 45.5 Å². The summed E-state index contributed by atoms with van der Waals surface area (Å²) in [7, 11) is 0. The zero-order valence-electron chi connectivity index (χ0n) is 32.7. The van der Waals surface area contributed by atoms with E-state index in [1.807, 2.05) is 11.3 Å². The summed E-state index contributed by atoms with van der Waals surface area (Å²) in [6.07, 6.45) is 0. The predicted octanol–water partition coefficient (Wildman–Crippen LogP) is 14.6. The third-order valence-corrected chi connectivity index (χ3v) is 13.3. The molecule has 0 saturated heterocycles. The van der Waals surface area contributed by atoms with Crippen LogP contribution in [0.4, 0.5) is 0 Å². The summed E-state index contributed by atoms with van der Waals surface area (Å²) in [6.45, 7) is 0. The fourth-order valence-corrected chi connectivity index (χ4v) is 10.5. The van der Waals surface area contributed by atoms with Gasteiger partial charge in [-0.1, -0.05) is 152 Å². The van der Waals surface area contributed by atoms with Crippen LogP contribution in [0.1, 0.15) is 0 Å². The Balaban J connectivity index is 1.03. The first-order valence-corrected chi connectivity index (χ1v) is 21.3. The molecule has 0 atom stereocenters. The quantitative estimate of drug-likeness (QED) is 0.174. The van der Waals surface area contributed by atoms with Gasteiger partial charge in [-0.05, 0) is 70.4 Å². The van der Waals surface area contributed by atoms with E-state index < -0.39 is 0 Å². The maximum absolute atomic E-state index is 5.34. The molecule has 0 spiro atoms. The van der Waals surface area contributed by atoms with Gasteiger partial charge in [-0.25, -0.2) is 4.98 Å². The van der Waals surface area contributed by atoms with E-state index in [1.54, 1.807) is 0 Å². The topological polar surface area (TPSA) is 48.5 Å². The van der Waals surface area contributed by atoms with E-state index in [2.05, 4.69) is 209 Å². The average Bonchev–Trinajstić information content (AvgIpc) is 3.98. The van der Waals surface area contributed by atoms with Crippen LogP contribution in [-0.2, 0) is 0 Å². The van der Waals surface area contributed by atoms with E-state index in [0.717, 1.165) is 60.4 Å². The molecule has 0 fully saturated rings. The maximum Gasteiger partial charge on any atom is 0.238 e.